The standard InChI is InChI=1S/C19H20O7/c1-22-14-8-11(18(20)25-4)6-7-13(14)17-15(23-2)9-12(19(21)26-5)10-16(17)24-3/h6-10H,1-5H3. The van der Waals surface area contributed by atoms with E-state index in [-0.39, 0.29) is 5.56 Å². The summed E-state index contributed by atoms with van der Waals surface area (Å²) in [5.74, 6) is 0.231. The van der Waals surface area contributed by atoms with Crippen LogP contribution in [0.15, 0.2) is 30.3 Å². The number of benzene rings is 2. The SMILES string of the molecule is COC(=O)c1ccc(-c2c(OC)cc(C(=O)OC)cc2OC)c(OC)c1. The second-order valence-corrected chi connectivity index (χ2v) is 5.15. The van der Waals surface area contributed by atoms with E-state index in [0.29, 0.717) is 33.9 Å². The summed E-state index contributed by atoms with van der Waals surface area (Å²) < 4.78 is 25.8. The second-order valence-electron chi connectivity index (χ2n) is 5.15. The van der Waals surface area contributed by atoms with Gasteiger partial charge in [0.25, 0.3) is 0 Å². The fourth-order valence-corrected chi connectivity index (χ4v) is 2.56. The zero-order valence-electron chi connectivity index (χ0n) is 15.2. The summed E-state index contributed by atoms with van der Waals surface area (Å²) in [6, 6.07) is 7.98. The van der Waals surface area contributed by atoms with Crippen molar-refractivity contribution in [1.82, 2.24) is 0 Å². The molecule has 7 heteroatoms. The smallest absolute Gasteiger partial charge is 0.338 e. The molecular weight excluding hydrogens is 340 g/mol. The Balaban J connectivity index is 2.70. The Bertz CT molecular complexity index is 802. The summed E-state index contributed by atoms with van der Waals surface area (Å²) in [7, 11) is 7.05. The lowest BCUT2D eigenvalue weighted by Gasteiger charge is -2.17. The molecule has 0 amide bonds. The van der Waals surface area contributed by atoms with Crippen molar-refractivity contribution < 1.29 is 33.3 Å². The van der Waals surface area contributed by atoms with Crippen LogP contribution in [0.25, 0.3) is 11.1 Å². The molecular formula is C19H20O7. The molecule has 0 unspecified atom stereocenters. The molecule has 7 nitrogen and oxygen atoms in total. The van der Waals surface area contributed by atoms with E-state index in [0.717, 1.165) is 0 Å². The van der Waals surface area contributed by atoms with Crippen molar-refractivity contribution in [2.24, 2.45) is 0 Å². The third-order valence-corrected chi connectivity index (χ3v) is 3.82. The minimum absolute atomic E-state index is 0.287. The van der Waals surface area contributed by atoms with Crippen LogP contribution < -0.4 is 14.2 Å². The van der Waals surface area contributed by atoms with Gasteiger partial charge in [0.2, 0.25) is 0 Å². The normalized spacial score (nSPS) is 10.0. The molecule has 0 aliphatic carbocycles. The molecule has 26 heavy (non-hydrogen) atoms. The Morgan fingerprint density at radius 3 is 1.58 bits per heavy atom. The van der Waals surface area contributed by atoms with E-state index in [1.54, 1.807) is 30.3 Å². The van der Waals surface area contributed by atoms with Crippen LogP contribution in [0, 0.1) is 0 Å². The van der Waals surface area contributed by atoms with Gasteiger partial charge in [0, 0.05) is 5.56 Å². The number of hydrogen-bond donors (Lipinski definition) is 0. The fraction of sp³-hybridized carbons (Fsp3) is 0.263. The van der Waals surface area contributed by atoms with Crippen molar-refractivity contribution in [2.45, 2.75) is 0 Å². The Hall–Kier alpha value is -3.22. The van der Waals surface area contributed by atoms with Crippen LogP contribution in [0.3, 0.4) is 0 Å². The van der Waals surface area contributed by atoms with E-state index in [4.69, 9.17) is 23.7 Å². The van der Waals surface area contributed by atoms with E-state index >= 15 is 0 Å². The maximum atomic E-state index is 11.9. The Kier molecular flexibility index (Phi) is 6.06. The molecule has 0 aliphatic rings. The van der Waals surface area contributed by atoms with E-state index in [1.165, 1.54) is 35.5 Å². The van der Waals surface area contributed by atoms with Gasteiger partial charge >= 0.3 is 11.9 Å². The summed E-state index contributed by atoms with van der Waals surface area (Å²) in [4.78, 5) is 23.6. The van der Waals surface area contributed by atoms with Crippen LogP contribution in [-0.4, -0.2) is 47.5 Å². The fourth-order valence-electron chi connectivity index (χ4n) is 2.56. The van der Waals surface area contributed by atoms with Crippen molar-refractivity contribution in [3.63, 3.8) is 0 Å². The largest absolute Gasteiger partial charge is 0.496 e. The molecule has 0 atom stereocenters. The van der Waals surface area contributed by atoms with Gasteiger partial charge in [-0.25, -0.2) is 9.59 Å². The summed E-state index contributed by atoms with van der Waals surface area (Å²) in [6.45, 7) is 0. The quantitative estimate of drug-likeness (QED) is 0.733. The maximum absolute atomic E-state index is 11.9. The Morgan fingerprint density at radius 1 is 0.654 bits per heavy atom. The van der Waals surface area contributed by atoms with E-state index in [1.807, 2.05) is 0 Å². The number of hydrogen-bond acceptors (Lipinski definition) is 7. The average molecular weight is 360 g/mol. The van der Waals surface area contributed by atoms with Crippen molar-refractivity contribution in [3.8, 4) is 28.4 Å². The molecule has 0 bridgehead atoms. The van der Waals surface area contributed by atoms with E-state index in [2.05, 4.69) is 0 Å². The van der Waals surface area contributed by atoms with Crippen LogP contribution in [0.2, 0.25) is 0 Å². The molecule has 0 aliphatic heterocycles. The van der Waals surface area contributed by atoms with Gasteiger partial charge in [0.15, 0.2) is 0 Å². The van der Waals surface area contributed by atoms with Crippen LogP contribution >= 0.6 is 0 Å². The summed E-state index contributed by atoms with van der Waals surface area (Å²) in [6.07, 6.45) is 0. The predicted molar refractivity (Wildman–Crippen MR) is 94.2 cm³/mol. The molecule has 0 N–H and O–H groups in total. The van der Waals surface area contributed by atoms with Crippen LogP contribution in [0.5, 0.6) is 17.2 Å². The predicted octanol–water partition coefficient (Wildman–Crippen LogP) is 2.95. The first-order chi connectivity index (χ1) is 12.5. The lowest BCUT2D eigenvalue weighted by molar-refractivity contribution is 0.0591. The highest BCUT2D eigenvalue weighted by Crippen LogP contribution is 2.44. The molecule has 0 heterocycles. The highest BCUT2D eigenvalue weighted by atomic mass is 16.5. The average Bonchev–Trinajstić information content (AvgIpc) is 2.70. The minimum Gasteiger partial charge on any atom is -0.496 e. The van der Waals surface area contributed by atoms with Crippen LogP contribution in [-0.2, 0) is 9.47 Å². The topological polar surface area (TPSA) is 80.3 Å². The summed E-state index contributed by atoms with van der Waals surface area (Å²) >= 11 is 0. The monoisotopic (exact) mass is 360 g/mol. The highest BCUT2D eigenvalue weighted by Gasteiger charge is 2.22. The Labute approximate surface area is 151 Å². The zero-order valence-corrected chi connectivity index (χ0v) is 15.2. The van der Waals surface area contributed by atoms with Crippen molar-refractivity contribution in [3.05, 3.63) is 41.5 Å². The molecule has 2 aromatic rings. The first-order valence-electron chi connectivity index (χ1n) is 7.61. The molecule has 138 valence electrons. The van der Waals surface area contributed by atoms with Gasteiger partial charge in [-0.3, -0.25) is 0 Å². The van der Waals surface area contributed by atoms with Crippen LogP contribution in [0.4, 0.5) is 0 Å². The van der Waals surface area contributed by atoms with Crippen molar-refractivity contribution >= 4 is 11.9 Å². The molecule has 2 rings (SSSR count). The summed E-state index contributed by atoms with van der Waals surface area (Å²) in [5.41, 5.74) is 1.84. The molecule has 0 fully saturated rings. The van der Waals surface area contributed by atoms with Gasteiger partial charge in [-0.1, -0.05) is 0 Å². The van der Waals surface area contributed by atoms with Gasteiger partial charge < -0.3 is 23.7 Å². The first kappa shape index (κ1) is 19.1. The van der Waals surface area contributed by atoms with Crippen molar-refractivity contribution in [2.75, 3.05) is 35.5 Å². The number of ether oxygens (including phenoxy) is 5. The van der Waals surface area contributed by atoms with Gasteiger partial charge in [-0.2, -0.15) is 0 Å². The van der Waals surface area contributed by atoms with E-state index < -0.39 is 11.9 Å². The van der Waals surface area contributed by atoms with Gasteiger partial charge in [0.1, 0.15) is 17.2 Å². The number of carbonyl (C=O) groups is 2. The minimum atomic E-state index is -0.513. The van der Waals surface area contributed by atoms with Gasteiger partial charge in [-0.15, -0.1) is 0 Å². The number of esters is 2. The zero-order chi connectivity index (χ0) is 19.3. The highest BCUT2D eigenvalue weighted by molar-refractivity contribution is 5.95. The number of methoxy groups -OCH3 is 5. The van der Waals surface area contributed by atoms with E-state index in [9.17, 15) is 9.59 Å². The second kappa shape index (κ2) is 8.24. The van der Waals surface area contributed by atoms with Crippen molar-refractivity contribution in [1.29, 1.82) is 0 Å². The van der Waals surface area contributed by atoms with Gasteiger partial charge in [0.05, 0.1) is 52.2 Å². The third kappa shape index (κ3) is 3.56. The first-order valence-corrected chi connectivity index (χ1v) is 7.61. The lowest BCUT2D eigenvalue weighted by atomic mass is 9.98. The Morgan fingerprint density at radius 2 is 1.12 bits per heavy atom. The van der Waals surface area contributed by atoms with Crippen LogP contribution in [0.1, 0.15) is 20.7 Å². The number of rotatable bonds is 6. The number of carbonyl (C=O) groups excluding carboxylic acids is 2. The lowest BCUT2D eigenvalue weighted by Crippen LogP contribution is -2.05. The van der Waals surface area contributed by atoms with Gasteiger partial charge in [-0.05, 0) is 30.3 Å². The molecule has 0 spiro atoms. The summed E-state index contributed by atoms with van der Waals surface area (Å²) in [5, 5.41) is 0. The molecule has 0 radical (unpaired) electrons. The molecule has 0 saturated carbocycles. The molecule has 0 aromatic heterocycles. The maximum Gasteiger partial charge on any atom is 0.338 e. The molecule has 2 aromatic carbocycles. The molecule has 0 saturated heterocycles. The third-order valence-electron chi connectivity index (χ3n) is 3.82.